The Balaban J connectivity index is 2.10. The monoisotopic (exact) mass is 275 g/mol. The fourth-order valence-electron chi connectivity index (χ4n) is 1.63. The first-order valence-corrected chi connectivity index (χ1v) is 6.13. The number of benzene rings is 2. The molecule has 0 aromatic heterocycles. The first-order chi connectivity index (χ1) is 9.08. The SMILES string of the molecule is Cc1c(N)cccc1NC(=O)Nc1ccccc1Cl. The van der Waals surface area contributed by atoms with Gasteiger partial charge in [-0.05, 0) is 36.8 Å². The van der Waals surface area contributed by atoms with E-state index in [4.69, 9.17) is 17.3 Å². The summed E-state index contributed by atoms with van der Waals surface area (Å²) in [5, 5.41) is 5.91. The van der Waals surface area contributed by atoms with E-state index >= 15 is 0 Å². The Morgan fingerprint density at radius 1 is 1.05 bits per heavy atom. The summed E-state index contributed by atoms with van der Waals surface area (Å²) in [4.78, 5) is 11.9. The molecule has 98 valence electrons. The molecule has 0 aliphatic heterocycles. The highest BCUT2D eigenvalue weighted by Crippen LogP contribution is 2.23. The molecule has 0 saturated heterocycles. The first-order valence-electron chi connectivity index (χ1n) is 5.75. The Morgan fingerprint density at radius 2 is 1.68 bits per heavy atom. The zero-order valence-corrected chi connectivity index (χ0v) is 11.2. The van der Waals surface area contributed by atoms with E-state index in [1.54, 1.807) is 42.5 Å². The second-order valence-electron chi connectivity index (χ2n) is 4.08. The van der Waals surface area contributed by atoms with E-state index in [1.165, 1.54) is 0 Å². The quantitative estimate of drug-likeness (QED) is 0.728. The van der Waals surface area contributed by atoms with Gasteiger partial charge in [0.15, 0.2) is 0 Å². The number of carbonyl (C=O) groups excluding carboxylic acids is 1. The molecule has 19 heavy (non-hydrogen) atoms. The highest BCUT2D eigenvalue weighted by molar-refractivity contribution is 6.33. The minimum atomic E-state index is -0.359. The number of nitrogens with one attached hydrogen (secondary N) is 2. The highest BCUT2D eigenvalue weighted by atomic mass is 35.5. The van der Waals surface area contributed by atoms with E-state index in [9.17, 15) is 4.79 Å². The largest absolute Gasteiger partial charge is 0.398 e. The van der Waals surface area contributed by atoms with Gasteiger partial charge in [0.2, 0.25) is 0 Å². The molecule has 2 amide bonds. The Morgan fingerprint density at radius 3 is 2.42 bits per heavy atom. The highest BCUT2D eigenvalue weighted by Gasteiger charge is 2.07. The van der Waals surface area contributed by atoms with Gasteiger partial charge in [-0.3, -0.25) is 0 Å². The van der Waals surface area contributed by atoms with Crippen LogP contribution in [0.5, 0.6) is 0 Å². The number of hydrogen-bond donors (Lipinski definition) is 3. The van der Waals surface area contributed by atoms with Crippen LogP contribution in [0.15, 0.2) is 42.5 Å². The summed E-state index contributed by atoms with van der Waals surface area (Å²) < 4.78 is 0. The van der Waals surface area contributed by atoms with E-state index in [2.05, 4.69) is 10.6 Å². The van der Waals surface area contributed by atoms with Crippen LogP contribution in [0.3, 0.4) is 0 Å². The predicted octanol–water partition coefficient (Wildman–Crippen LogP) is 3.87. The molecular weight excluding hydrogens is 262 g/mol. The molecule has 4 N–H and O–H groups in total. The smallest absolute Gasteiger partial charge is 0.323 e. The molecule has 0 heterocycles. The molecule has 0 atom stereocenters. The molecule has 0 aliphatic rings. The van der Waals surface area contributed by atoms with Crippen LogP contribution in [0.1, 0.15) is 5.56 Å². The zero-order valence-electron chi connectivity index (χ0n) is 10.4. The summed E-state index contributed by atoms with van der Waals surface area (Å²) >= 11 is 5.97. The third-order valence-electron chi connectivity index (χ3n) is 2.75. The molecule has 2 rings (SSSR count). The Kier molecular flexibility index (Phi) is 3.92. The summed E-state index contributed by atoms with van der Waals surface area (Å²) in [7, 11) is 0. The van der Waals surface area contributed by atoms with Crippen molar-refractivity contribution >= 4 is 34.7 Å². The van der Waals surface area contributed by atoms with Crippen molar-refractivity contribution in [2.45, 2.75) is 6.92 Å². The van der Waals surface area contributed by atoms with Gasteiger partial charge in [0.25, 0.3) is 0 Å². The topological polar surface area (TPSA) is 67.1 Å². The molecule has 0 bridgehead atoms. The number of amides is 2. The third-order valence-corrected chi connectivity index (χ3v) is 3.08. The van der Waals surface area contributed by atoms with Crippen molar-refractivity contribution in [3.05, 3.63) is 53.1 Å². The minimum absolute atomic E-state index is 0.359. The fraction of sp³-hybridized carbons (Fsp3) is 0.0714. The van der Waals surface area contributed by atoms with Crippen molar-refractivity contribution in [1.29, 1.82) is 0 Å². The number of nitrogen functional groups attached to an aromatic ring is 1. The maximum Gasteiger partial charge on any atom is 0.323 e. The van der Waals surface area contributed by atoms with Crippen LogP contribution in [0, 0.1) is 6.92 Å². The van der Waals surface area contributed by atoms with E-state index in [0.717, 1.165) is 5.56 Å². The van der Waals surface area contributed by atoms with Crippen LogP contribution in [0.4, 0.5) is 21.9 Å². The van der Waals surface area contributed by atoms with E-state index in [1.807, 2.05) is 6.92 Å². The van der Waals surface area contributed by atoms with Gasteiger partial charge < -0.3 is 16.4 Å². The predicted molar refractivity (Wildman–Crippen MR) is 79.7 cm³/mol. The zero-order chi connectivity index (χ0) is 13.8. The van der Waals surface area contributed by atoms with E-state index in [-0.39, 0.29) is 6.03 Å². The summed E-state index contributed by atoms with van der Waals surface area (Å²) in [5.41, 5.74) is 8.47. The summed E-state index contributed by atoms with van der Waals surface area (Å²) in [6.45, 7) is 1.85. The standard InChI is InChI=1S/C14H14ClN3O/c1-9-11(16)6-4-8-12(9)17-14(19)18-13-7-3-2-5-10(13)15/h2-8H,16H2,1H3,(H2,17,18,19). The van der Waals surface area contributed by atoms with Crippen LogP contribution in [-0.2, 0) is 0 Å². The van der Waals surface area contributed by atoms with Gasteiger partial charge in [0.1, 0.15) is 0 Å². The van der Waals surface area contributed by atoms with Crippen LogP contribution in [0.2, 0.25) is 5.02 Å². The van der Waals surface area contributed by atoms with E-state index in [0.29, 0.717) is 22.1 Å². The van der Waals surface area contributed by atoms with Crippen molar-refractivity contribution in [2.24, 2.45) is 0 Å². The number of anilines is 3. The lowest BCUT2D eigenvalue weighted by Gasteiger charge is -2.11. The van der Waals surface area contributed by atoms with Gasteiger partial charge in [-0.25, -0.2) is 4.79 Å². The molecule has 0 radical (unpaired) electrons. The second-order valence-corrected chi connectivity index (χ2v) is 4.49. The molecule has 0 unspecified atom stereocenters. The van der Waals surface area contributed by atoms with Crippen molar-refractivity contribution in [3.63, 3.8) is 0 Å². The number of urea groups is 1. The maximum absolute atomic E-state index is 11.9. The Bertz CT molecular complexity index is 613. The number of carbonyl (C=O) groups is 1. The molecule has 2 aromatic rings. The molecule has 0 fully saturated rings. The number of halogens is 1. The van der Waals surface area contributed by atoms with Gasteiger partial charge in [0.05, 0.1) is 10.7 Å². The van der Waals surface area contributed by atoms with E-state index < -0.39 is 0 Å². The van der Waals surface area contributed by atoms with Gasteiger partial charge in [-0.1, -0.05) is 29.8 Å². The van der Waals surface area contributed by atoms with Crippen molar-refractivity contribution in [1.82, 2.24) is 0 Å². The number of rotatable bonds is 2. The van der Waals surface area contributed by atoms with Crippen molar-refractivity contribution in [3.8, 4) is 0 Å². The third kappa shape index (κ3) is 3.17. The average molecular weight is 276 g/mol. The molecular formula is C14H14ClN3O. The second kappa shape index (κ2) is 5.63. The lowest BCUT2D eigenvalue weighted by atomic mass is 10.1. The Labute approximate surface area is 116 Å². The minimum Gasteiger partial charge on any atom is -0.398 e. The summed E-state index contributed by atoms with van der Waals surface area (Å²) in [6, 6.07) is 12.0. The Hall–Kier alpha value is -2.20. The summed E-state index contributed by atoms with van der Waals surface area (Å²) in [6.07, 6.45) is 0. The molecule has 5 heteroatoms. The lowest BCUT2D eigenvalue weighted by Crippen LogP contribution is -2.20. The van der Waals surface area contributed by atoms with Crippen molar-refractivity contribution < 1.29 is 4.79 Å². The molecule has 0 spiro atoms. The molecule has 0 saturated carbocycles. The van der Waals surface area contributed by atoms with Crippen LogP contribution in [-0.4, -0.2) is 6.03 Å². The summed E-state index contributed by atoms with van der Waals surface area (Å²) in [5.74, 6) is 0. The number of para-hydroxylation sites is 1. The first kappa shape index (κ1) is 13.2. The van der Waals surface area contributed by atoms with Crippen molar-refractivity contribution in [2.75, 3.05) is 16.4 Å². The molecule has 0 aliphatic carbocycles. The maximum atomic E-state index is 11.9. The normalized spacial score (nSPS) is 10.0. The van der Waals surface area contributed by atoms with Gasteiger partial charge in [-0.2, -0.15) is 0 Å². The fourth-order valence-corrected chi connectivity index (χ4v) is 1.81. The average Bonchev–Trinajstić information content (AvgIpc) is 2.38. The van der Waals surface area contributed by atoms with Gasteiger partial charge in [0, 0.05) is 11.4 Å². The number of hydrogen-bond acceptors (Lipinski definition) is 2. The van der Waals surface area contributed by atoms with Crippen LogP contribution >= 0.6 is 11.6 Å². The molecule has 2 aromatic carbocycles. The van der Waals surface area contributed by atoms with Gasteiger partial charge in [-0.15, -0.1) is 0 Å². The van der Waals surface area contributed by atoms with Crippen LogP contribution in [0.25, 0.3) is 0 Å². The lowest BCUT2D eigenvalue weighted by molar-refractivity contribution is 0.262. The molecule has 4 nitrogen and oxygen atoms in total. The van der Waals surface area contributed by atoms with Gasteiger partial charge >= 0.3 is 6.03 Å². The van der Waals surface area contributed by atoms with Crippen LogP contribution < -0.4 is 16.4 Å². The number of nitrogens with two attached hydrogens (primary N) is 1.